The normalized spacial score (nSPS) is 15.3. The highest BCUT2D eigenvalue weighted by Gasteiger charge is 2.41. The van der Waals surface area contributed by atoms with Crippen LogP contribution in [0, 0.1) is 19.7 Å². The second-order valence-corrected chi connectivity index (χ2v) is 7.95. The van der Waals surface area contributed by atoms with Crippen molar-refractivity contribution in [1.29, 1.82) is 0 Å². The zero-order chi connectivity index (χ0) is 23.1. The predicted octanol–water partition coefficient (Wildman–Crippen LogP) is 4.61. The summed E-state index contributed by atoms with van der Waals surface area (Å²) in [6.45, 7) is 4.71. The minimum absolute atomic E-state index is 0.0758. The van der Waals surface area contributed by atoms with Crippen LogP contribution in [0.1, 0.15) is 16.7 Å². The van der Waals surface area contributed by atoms with Gasteiger partial charge in [-0.15, -0.1) is 0 Å². The van der Waals surface area contributed by atoms with Crippen LogP contribution < -0.4 is 19.7 Å². The second-order valence-electron chi connectivity index (χ2n) is 7.95. The fraction of sp³-hybridized carbons (Fsp3) is 0.154. The molecule has 3 aromatic rings. The number of anilines is 2. The highest BCUT2D eigenvalue weighted by Crippen LogP contribution is 2.38. The van der Waals surface area contributed by atoms with Crippen molar-refractivity contribution in [1.82, 2.24) is 0 Å². The van der Waals surface area contributed by atoms with Gasteiger partial charge in [-0.25, -0.2) is 9.29 Å². The highest BCUT2D eigenvalue weighted by atomic mass is 19.1. The van der Waals surface area contributed by atoms with Gasteiger partial charge < -0.3 is 14.8 Å². The van der Waals surface area contributed by atoms with Crippen molar-refractivity contribution in [2.75, 3.05) is 23.4 Å². The van der Waals surface area contributed by atoms with Gasteiger partial charge in [-0.2, -0.15) is 0 Å². The van der Waals surface area contributed by atoms with Crippen LogP contribution >= 0.6 is 0 Å². The summed E-state index contributed by atoms with van der Waals surface area (Å²) in [6, 6.07) is 16.5. The first-order valence-electron chi connectivity index (χ1n) is 10.6. The molecule has 0 unspecified atom stereocenters. The topological polar surface area (TPSA) is 67.9 Å². The first kappa shape index (κ1) is 20.8. The quantitative estimate of drug-likeness (QED) is 0.596. The van der Waals surface area contributed by atoms with Gasteiger partial charge >= 0.3 is 0 Å². The molecule has 0 spiro atoms. The Morgan fingerprint density at radius 3 is 2.39 bits per heavy atom. The van der Waals surface area contributed by atoms with E-state index in [9.17, 15) is 14.0 Å². The average molecular weight is 444 g/mol. The van der Waals surface area contributed by atoms with Crippen LogP contribution in [0.4, 0.5) is 15.8 Å². The van der Waals surface area contributed by atoms with E-state index in [4.69, 9.17) is 9.47 Å². The fourth-order valence-electron chi connectivity index (χ4n) is 4.11. The number of para-hydroxylation sites is 1. The lowest BCUT2D eigenvalue weighted by Gasteiger charge is -2.19. The lowest BCUT2D eigenvalue weighted by Crippen LogP contribution is -2.33. The molecule has 2 heterocycles. The summed E-state index contributed by atoms with van der Waals surface area (Å²) in [6.07, 6.45) is 0. The maximum absolute atomic E-state index is 14.6. The van der Waals surface area contributed by atoms with Gasteiger partial charge in [0, 0.05) is 11.8 Å². The first-order chi connectivity index (χ1) is 15.9. The van der Waals surface area contributed by atoms with E-state index in [1.165, 1.54) is 18.2 Å². The van der Waals surface area contributed by atoms with E-state index in [0.717, 1.165) is 16.0 Å². The lowest BCUT2D eigenvalue weighted by molar-refractivity contribution is -0.120. The number of benzene rings is 3. The second kappa shape index (κ2) is 8.09. The molecule has 0 radical (unpaired) electrons. The number of hydrogen-bond acceptors (Lipinski definition) is 5. The summed E-state index contributed by atoms with van der Waals surface area (Å²) in [5.74, 6) is -0.716. The van der Waals surface area contributed by atoms with Crippen molar-refractivity contribution in [3.8, 4) is 11.5 Å². The number of nitrogens with one attached hydrogen (secondary N) is 1. The Hall–Kier alpha value is -4.13. The van der Waals surface area contributed by atoms with Crippen molar-refractivity contribution in [3.05, 3.63) is 88.9 Å². The Morgan fingerprint density at radius 2 is 1.64 bits per heavy atom. The summed E-state index contributed by atoms with van der Waals surface area (Å²) in [4.78, 5) is 27.9. The van der Waals surface area contributed by atoms with Crippen molar-refractivity contribution in [2.24, 2.45) is 0 Å². The van der Waals surface area contributed by atoms with Crippen LogP contribution in [-0.2, 0) is 9.59 Å². The number of halogens is 1. The number of rotatable bonds is 4. The molecular weight excluding hydrogens is 423 g/mol. The molecular formula is C26H21FN2O4. The molecule has 5 rings (SSSR count). The van der Waals surface area contributed by atoms with Gasteiger partial charge in [0.15, 0.2) is 11.5 Å². The number of fused-ring (bicyclic) bond motifs is 1. The molecule has 0 saturated heterocycles. The van der Waals surface area contributed by atoms with Crippen LogP contribution in [0.5, 0.6) is 11.5 Å². The molecule has 2 aliphatic rings. The molecule has 0 aromatic heterocycles. The van der Waals surface area contributed by atoms with Gasteiger partial charge in [-0.05, 0) is 49.2 Å². The SMILES string of the molecule is Cc1ccc(C2=C(Nc3ccc4c(c3)OCCO4)C(=O)N(c3ccccc3F)C2=O)c(C)c1. The number of carbonyl (C=O) groups is 2. The number of aryl methyl sites for hydroxylation is 2. The Morgan fingerprint density at radius 1 is 0.879 bits per heavy atom. The maximum atomic E-state index is 14.6. The number of amides is 2. The third-order valence-corrected chi connectivity index (χ3v) is 5.64. The van der Waals surface area contributed by atoms with E-state index in [1.807, 2.05) is 32.0 Å². The van der Waals surface area contributed by atoms with E-state index in [-0.39, 0.29) is 17.0 Å². The smallest absolute Gasteiger partial charge is 0.282 e. The molecule has 6 nitrogen and oxygen atoms in total. The van der Waals surface area contributed by atoms with Gasteiger partial charge in [-0.3, -0.25) is 9.59 Å². The Bertz CT molecular complexity index is 1330. The molecule has 2 aliphatic heterocycles. The number of imide groups is 1. The zero-order valence-electron chi connectivity index (χ0n) is 18.1. The summed E-state index contributed by atoms with van der Waals surface area (Å²) in [5.41, 5.74) is 3.20. The molecule has 0 fully saturated rings. The van der Waals surface area contributed by atoms with Crippen LogP contribution in [0.3, 0.4) is 0 Å². The third kappa shape index (κ3) is 3.61. The average Bonchev–Trinajstić information content (AvgIpc) is 3.04. The van der Waals surface area contributed by atoms with Gasteiger partial charge in [0.2, 0.25) is 0 Å². The molecule has 3 aromatic carbocycles. The number of hydrogen-bond donors (Lipinski definition) is 1. The minimum atomic E-state index is -0.653. The molecule has 0 saturated carbocycles. The summed E-state index contributed by atoms with van der Waals surface area (Å²) in [7, 11) is 0. The molecule has 33 heavy (non-hydrogen) atoms. The summed E-state index contributed by atoms with van der Waals surface area (Å²) >= 11 is 0. The van der Waals surface area contributed by atoms with Crippen LogP contribution in [-0.4, -0.2) is 25.0 Å². The maximum Gasteiger partial charge on any atom is 0.282 e. The van der Waals surface area contributed by atoms with E-state index in [2.05, 4.69) is 5.32 Å². The van der Waals surface area contributed by atoms with E-state index >= 15 is 0 Å². The summed E-state index contributed by atoms with van der Waals surface area (Å²) in [5, 5.41) is 3.09. The molecule has 166 valence electrons. The van der Waals surface area contributed by atoms with E-state index < -0.39 is 17.6 Å². The molecule has 0 atom stereocenters. The van der Waals surface area contributed by atoms with Gasteiger partial charge in [0.25, 0.3) is 11.8 Å². The van der Waals surface area contributed by atoms with Crippen molar-refractivity contribution in [3.63, 3.8) is 0 Å². The van der Waals surface area contributed by atoms with Crippen LogP contribution in [0.2, 0.25) is 0 Å². The van der Waals surface area contributed by atoms with Crippen molar-refractivity contribution < 1.29 is 23.5 Å². The first-order valence-corrected chi connectivity index (χ1v) is 10.6. The molecule has 0 aliphatic carbocycles. The van der Waals surface area contributed by atoms with Crippen molar-refractivity contribution in [2.45, 2.75) is 13.8 Å². The standard InChI is InChI=1S/C26H21FN2O4/c1-15-7-9-18(16(2)13-15)23-24(28-17-8-10-21-22(14-17)33-12-11-32-21)26(31)29(25(23)30)20-6-4-3-5-19(20)27/h3-10,13-14,28H,11-12H2,1-2H3. The lowest BCUT2D eigenvalue weighted by atomic mass is 9.97. The van der Waals surface area contributed by atoms with Gasteiger partial charge in [-0.1, -0.05) is 35.9 Å². The van der Waals surface area contributed by atoms with E-state index in [1.54, 1.807) is 24.3 Å². The van der Waals surface area contributed by atoms with Crippen molar-refractivity contribution >= 4 is 28.8 Å². The summed E-state index contributed by atoms with van der Waals surface area (Å²) < 4.78 is 25.8. The fourth-order valence-corrected chi connectivity index (χ4v) is 4.11. The highest BCUT2D eigenvalue weighted by molar-refractivity contribution is 6.46. The molecule has 7 heteroatoms. The number of ether oxygens (including phenoxy) is 2. The third-order valence-electron chi connectivity index (χ3n) is 5.64. The Kier molecular flexibility index (Phi) is 5.09. The number of nitrogens with zero attached hydrogens (tertiary/aromatic N) is 1. The largest absolute Gasteiger partial charge is 0.486 e. The predicted molar refractivity (Wildman–Crippen MR) is 123 cm³/mol. The minimum Gasteiger partial charge on any atom is -0.486 e. The molecule has 1 N–H and O–H groups in total. The van der Waals surface area contributed by atoms with Crippen LogP contribution in [0.25, 0.3) is 5.57 Å². The molecule has 2 amide bonds. The van der Waals surface area contributed by atoms with Gasteiger partial charge in [0.05, 0.1) is 11.3 Å². The van der Waals surface area contributed by atoms with Gasteiger partial charge in [0.1, 0.15) is 24.7 Å². The van der Waals surface area contributed by atoms with Crippen LogP contribution in [0.15, 0.2) is 66.4 Å². The zero-order valence-corrected chi connectivity index (χ0v) is 18.1. The number of carbonyl (C=O) groups excluding carboxylic acids is 2. The Balaban J connectivity index is 1.63. The monoisotopic (exact) mass is 444 g/mol. The molecule has 0 bridgehead atoms. The van der Waals surface area contributed by atoms with E-state index in [0.29, 0.717) is 36.0 Å². The Labute approximate surface area is 190 Å².